The molecule has 0 spiro atoms. The molecule has 208 valence electrons. The fourth-order valence-electron chi connectivity index (χ4n) is 2.95. The normalized spacial score (nSPS) is 12.7. The number of hydrogen-bond acceptors (Lipinski definition) is 10. The van der Waals surface area contributed by atoms with E-state index in [2.05, 4.69) is 0 Å². The van der Waals surface area contributed by atoms with Crippen LogP contribution in [0.5, 0.6) is 11.5 Å². The van der Waals surface area contributed by atoms with Crippen molar-refractivity contribution in [3.63, 3.8) is 0 Å². The van der Waals surface area contributed by atoms with E-state index in [1.807, 2.05) is 41.5 Å². The van der Waals surface area contributed by atoms with Gasteiger partial charge in [-0.3, -0.25) is 14.4 Å². The summed E-state index contributed by atoms with van der Waals surface area (Å²) < 4.78 is 26.0. The van der Waals surface area contributed by atoms with Gasteiger partial charge in [-0.15, -0.1) is 0 Å². The number of esters is 3. The number of benzene rings is 1. The van der Waals surface area contributed by atoms with Crippen molar-refractivity contribution in [2.75, 3.05) is 13.2 Å². The molecular formula is C27H41NO9. The minimum Gasteiger partial charge on any atom is -0.461 e. The third-order valence-electron chi connectivity index (χ3n) is 4.66. The molecule has 1 aromatic rings. The molecule has 0 aliphatic carbocycles. The Morgan fingerprint density at radius 1 is 0.757 bits per heavy atom. The lowest BCUT2D eigenvalue weighted by molar-refractivity contribution is -0.148. The highest BCUT2D eigenvalue weighted by Gasteiger charge is 2.21. The summed E-state index contributed by atoms with van der Waals surface area (Å²) in [6.45, 7) is 12.9. The third-order valence-corrected chi connectivity index (χ3v) is 4.66. The summed E-state index contributed by atoms with van der Waals surface area (Å²) in [6.07, 6.45) is -1.10. The molecule has 2 atom stereocenters. The fraction of sp³-hybridized carbons (Fsp3) is 0.630. The smallest absolute Gasteiger partial charge is 0.461 e. The van der Waals surface area contributed by atoms with Crippen LogP contribution in [0.2, 0.25) is 0 Å². The van der Waals surface area contributed by atoms with Gasteiger partial charge in [0.1, 0.15) is 18.8 Å². The Morgan fingerprint density at radius 2 is 1.32 bits per heavy atom. The standard InChI is InChI=1S/C27H41NO9/c1-16(2)10-24(29)36-22-9-8-20(13-23(22)37-25(30)11-17(3)4)12-21(28)26(31)33-15-19(7)35-27(32)34-14-18(5)6/h8-9,13,16-19,21H,10-12,14-15,28H2,1-7H3/t19-,21-/m0/s1. The maximum atomic E-state index is 12.4. The second kappa shape index (κ2) is 15.9. The van der Waals surface area contributed by atoms with Crippen molar-refractivity contribution in [2.45, 2.75) is 79.9 Å². The first-order chi connectivity index (χ1) is 17.3. The highest BCUT2D eigenvalue weighted by Crippen LogP contribution is 2.30. The molecule has 0 fully saturated rings. The molecule has 0 amide bonds. The van der Waals surface area contributed by atoms with Crippen molar-refractivity contribution in [2.24, 2.45) is 23.5 Å². The third kappa shape index (κ3) is 13.7. The molecule has 0 unspecified atom stereocenters. The Hall–Kier alpha value is -3.14. The van der Waals surface area contributed by atoms with Gasteiger partial charge in [-0.2, -0.15) is 0 Å². The number of hydrogen-bond donors (Lipinski definition) is 1. The molecule has 1 aromatic carbocycles. The molecule has 0 radical (unpaired) electrons. The topological polar surface area (TPSA) is 140 Å². The summed E-state index contributed by atoms with van der Waals surface area (Å²) in [5.74, 6) is -1.10. The van der Waals surface area contributed by atoms with E-state index in [1.165, 1.54) is 12.1 Å². The van der Waals surface area contributed by atoms with Gasteiger partial charge in [-0.1, -0.05) is 47.6 Å². The van der Waals surface area contributed by atoms with Crippen LogP contribution in [0.4, 0.5) is 4.79 Å². The maximum Gasteiger partial charge on any atom is 0.508 e. The number of carbonyl (C=O) groups is 4. The zero-order valence-electron chi connectivity index (χ0n) is 22.9. The van der Waals surface area contributed by atoms with Gasteiger partial charge in [0, 0.05) is 12.8 Å². The summed E-state index contributed by atoms with van der Waals surface area (Å²) in [5, 5.41) is 0. The largest absolute Gasteiger partial charge is 0.508 e. The van der Waals surface area contributed by atoms with Crippen LogP contribution < -0.4 is 15.2 Å². The van der Waals surface area contributed by atoms with Gasteiger partial charge in [0.2, 0.25) is 0 Å². The number of carbonyl (C=O) groups excluding carboxylic acids is 4. The van der Waals surface area contributed by atoms with E-state index < -0.39 is 36.2 Å². The Kier molecular flexibility index (Phi) is 13.7. The summed E-state index contributed by atoms with van der Waals surface area (Å²) in [7, 11) is 0. The Balaban J connectivity index is 2.80. The van der Waals surface area contributed by atoms with E-state index >= 15 is 0 Å². The van der Waals surface area contributed by atoms with E-state index in [4.69, 9.17) is 29.4 Å². The molecule has 1 rings (SSSR count). The highest BCUT2D eigenvalue weighted by atomic mass is 16.7. The van der Waals surface area contributed by atoms with Crippen LogP contribution in [-0.4, -0.2) is 49.4 Å². The molecule has 0 saturated heterocycles. The monoisotopic (exact) mass is 523 g/mol. The van der Waals surface area contributed by atoms with Crippen LogP contribution in [-0.2, 0) is 35.0 Å². The van der Waals surface area contributed by atoms with Crippen LogP contribution in [0.3, 0.4) is 0 Å². The van der Waals surface area contributed by atoms with E-state index in [0.717, 1.165) is 0 Å². The molecular weight excluding hydrogens is 482 g/mol. The average Bonchev–Trinajstić information content (AvgIpc) is 2.76. The molecule has 0 aliphatic rings. The molecule has 37 heavy (non-hydrogen) atoms. The first-order valence-electron chi connectivity index (χ1n) is 12.6. The van der Waals surface area contributed by atoms with E-state index in [1.54, 1.807) is 13.0 Å². The minimum absolute atomic E-state index is 0.0689. The molecule has 0 heterocycles. The second-order valence-electron chi connectivity index (χ2n) is 10.2. The molecule has 0 aromatic heterocycles. The van der Waals surface area contributed by atoms with Crippen LogP contribution in [0.15, 0.2) is 18.2 Å². The SMILES string of the molecule is CC(C)COC(=O)O[C@@H](C)COC(=O)[C@@H](N)Cc1ccc(OC(=O)CC(C)C)c(OC(=O)CC(C)C)c1. The van der Waals surface area contributed by atoms with Gasteiger partial charge in [0.25, 0.3) is 0 Å². The van der Waals surface area contributed by atoms with Crippen molar-refractivity contribution in [1.82, 2.24) is 0 Å². The molecule has 0 aliphatic heterocycles. The number of rotatable bonds is 14. The number of nitrogens with two attached hydrogens (primary N) is 1. The van der Waals surface area contributed by atoms with Crippen LogP contribution >= 0.6 is 0 Å². The lowest BCUT2D eigenvalue weighted by atomic mass is 10.1. The van der Waals surface area contributed by atoms with Crippen molar-refractivity contribution in [1.29, 1.82) is 0 Å². The predicted molar refractivity (Wildman–Crippen MR) is 136 cm³/mol. The molecule has 10 nitrogen and oxygen atoms in total. The lowest BCUT2D eigenvalue weighted by Gasteiger charge is -2.17. The van der Waals surface area contributed by atoms with Crippen molar-refractivity contribution in [3.8, 4) is 11.5 Å². The van der Waals surface area contributed by atoms with Gasteiger partial charge in [0.05, 0.1) is 6.61 Å². The second-order valence-corrected chi connectivity index (χ2v) is 10.2. The highest BCUT2D eigenvalue weighted by molar-refractivity contribution is 5.77. The number of ether oxygens (including phenoxy) is 5. The van der Waals surface area contributed by atoms with Crippen molar-refractivity contribution < 1.29 is 42.9 Å². The quantitative estimate of drug-likeness (QED) is 0.278. The Morgan fingerprint density at radius 3 is 1.86 bits per heavy atom. The van der Waals surface area contributed by atoms with E-state index in [9.17, 15) is 19.2 Å². The maximum absolute atomic E-state index is 12.4. The van der Waals surface area contributed by atoms with Gasteiger partial charge < -0.3 is 29.4 Å². The van der Waals surface area contributed by atoms with Crippen LogP contribution in [0.1, 0.15) is 66.9 Å². The van der Waals surface area contributed by atoms with Gasteiger partial charge in [-0.25, -0.2) is 4.79 Å². The lowest BCUT2D eigenvalue weighted by Crippen LogP contribution is -2.36. The summed E-state index contributed by atoms with van der Waals surface area (Å²) >= 11 is 0. The average molecular weight is 524 g/mol. The van der Waals surface area contributed by atoms with E-state index in [-0.39, 0.29) is 61.7 Å². The van der Waals surface area contributed by atoms with E-state index in [0.29, 0.717) is 5.56 Å². The molecule has 2 N–H and O–H groups in total. The zero-order chi connectivity index (χ0) is 28.1. The summed E-state index contributed by atoms with van der Waals surface area (Å²) in [4.78, 5) is 48.4. The Labute approximate surface area is 219 Å². The van der Waals surface area contributed by atoms with Crippen LogP contribution in [0, 0.1) is 17.8 Å². The molecule has 0 bridgehead atoms. The zero-order valence-corrected chi connectivity index (χ0v) is 22.9. The fourth-order valence-corrected chi connectivity index (χ4v) is 2.95. The summed E-state index contributed by atoms with van der Waals surface area (Å²) in [6, 6.07) is 3.61. The van der Waals surface area contributed by atoms with Gasteiger partial charge >= 0.3 is 24.1 Å². The minimum atomic E-state index is -1.03. The van der Waals surface area contributed by atoms with Crippen molar-refractivity contribution in [3.05, 3.63) is 23.8 Å². The van der Waals surface area contributed by atoms with Crippen LogP contribution in [0.25, 0.3) is 0 Å². The summed E-state index contributed by atoms with van der Waals surface area (Å²) in [5.41, 5.74) is 6.58. The van der Waals surface area contributed by atoms with Gasteiger partial charge in [0.15, 0.2) is 11.5 Å². The van der Waals surface area contributed by atoms with Crippen molar-refractivity contribution >= 4 is 24.1 Å². The first-order valence-corrected chi connectivity index (χ1v) is 12.6. The Bertz CT molecular complexity index is 911. The first kappa shape index (κ1) is 31.9. The predicted octanol–water partition coefficient (Wildman–Crippen LogP) is 4.20. The molecule has 10 heteroatoms. The van der Waals surface area contributed by atoms with Gasteiger partial charge in [-0.05, 0) is 48.8 Å². The molecule has 0 saturated carbocycles.